The molecule has 158 valence electrons. The Kier molecular flexibility index (Phi) is 5.22. The molecule has 0 aromatic heterocycles. The van der Waals surface area contributed by atoms with Crippen molar-refractivity contribution in [1.29, 1.82) is 0 Å². The molecule has 6 nitrogen and oxygen atoms in total. The molecule has 0 saturated heterocycles. The van der Waals surface area contributed by atoms with E-state index in [9.17, 15) is 9.90 Å². The van der Waals surface area contributed by atoms with Crippen molar-refractivity contribution in [2.45, 2.75) is 18.4 Å². The maximum atomic E-state index is 12.6. The Morgan fingerprint density at radius 2 is 1.68 bits per heavy atom. The first-order valence-corrected chi connectivity index (χ1v) is 10.4. The number of aliphatic hydroxyl groups is 1. The third kappa shape index (κ3) is 3.70. The molecule has 1 atom stereocenters. The van der Waals surface area contributed by atoms with Gasteiger partial charge >= 0.3 is 6.09 Å². The van der Waals surface area contributed by atoms with Crippen molar-refractivity contribution in [1.82, 2.24) is 5.32 Å². The first-order valence-electron chi connectivity index (χ1n) is 10.4. The average molecular weight is 417 g/mol. The molecule has 1 unspecified atom stereocenters. The summed E-state index contributed by atoms with van der Waals surface area (Å²) < 4.78 is 16.4. The maximum absolute atomic E-state index is 12.6. The van der Waals surface area contributed by atoms with Gasteiger partial charge in [0.1, 0.15) is 6.61 Å². The monoisotopic (exact) mass is 417 g/mol. The lowest BCUT2D eigenvalue weighted by atomic mass is 9.98. The van der Waals surface area contributed by atoms with E-state index in [1.165, 1.54) is 22.3 Å². The van der Waals surface area contributed by atoms with Crippen LogP contribution < -0.4 is 14.8 Å². The van der Waals surface area contributed by atoms with Crippen LogP contribution in [-0.4, -0.2) is 31.2 Å². The SMILES string of the molecule is O=C(NC(CCO)c1ccc2c(c1)OCO2)OCC1c2ccccc2-c2ccccc21. The molecule has 2 N–H and O–H groups in total. The summed E-state index contributed by atoms with van der Waals surface area (Å²) in [5, 5.41) is 12.4. The van der Waals surface area contributed by atoms with Crippen molar-refractivity contribution in [3.63, 3.8) is 0 Å². The molecule has 1 amide bonds. The van der Waals surface area contributed by atoms with Gasteiger partial charge in [-0.3, -0.25) is 0 Å². The van der Waals surface area contributed by atoms with Crippen LogP contribution in [0.4, 0.5) is 4.79 Å². The lowest BCUT2D eigenvalue weighted by molar-refractivity contribution is 0.136. The minimum absolute atomic E-state index is 0.0000138. The second-order valence-corrected chi connectivity index (χ2v) is 7.65. The number of hydrogen-bond donors (Lipinski definition) is 2. The van der Waals surface area contributed by atoms with E-state index < -0.39 is 12.1 Å². The second-order valence-electron chi connectivity index (χ2n) is 7.65. The Morgan fingerprint density at radius 3 is 2.39 bits per heavy atom. The molecular formula is C25H23NO5. The fourth-order valence-electron chi connectivity index (χ4n) is 4.36. The Labute approximate surface area is 180 Å². The molecule has 1 heterocycles. The summed E-state index contributed by atoms with van der Waals surface area (Å²) in [5.41, 5.74) is 5.53. The normalized spacial score (nSPS) is 14.6. The number of alkyl carbamates (subject to hydrolysis) is 1. The van der Waals surface area contributed by atoms with E-state index in [0.717, 1.165) is 5.56 Å². The van der Waals surface area contributed by atoms with E-state index in [-0.39, 0.29) is 25.9 Å². The van der Waals surface area contributed by atoms with Crippen LogP contribution in [0.2, 0.25) is 0 Å². The van der Waals surface area contributed by atoms with Crippen LogP contribution in [0.1, 0.15) is 35.1 Å². The van der Waals surface area contributed by atoms with E-state index in [0.29, 0.717) is 17.9 Å². The molecule has 3 aromatic carbocycles. The van der Waals surface area contributed by atoms with Crippen LogP contribution in [0.25, 0.3) is 11.1 Å². The highest BCUT2D eigenvalue weighted by Crippen LogP contribution is 2.44. The molecule has 0 fully saturated rings. The second kappa shape index (κ2) is 8.32. The van der Waals surface area contributed by atoms with E-state index in [1.54, 1.807) is 6.07 Å². The Bertz CT molecular complexity index is 1070. The number of fused-ring (bicyclic) bond motifs is 4. The van der Waals surface area contributed by atoms with E-state index in [4.69, 9.17) is 14.2 Å². The van der Waals surface area contributed by atoms with Crippen LogP contribution in [0, 0.1) is 0 Å². The van der Waals surface area contributed by atoms with Gasteiger partial charge in [-0.05, 0) is 46.4 Å². The highest BCUT2D eigenvalue weighted by atomic mass is 16.7. The van der Waals surface area contributed by atoms with Gasteiger partial charge in [-0.2, -0.15) is 0 Å². The zero-order chi connectivity index (χ0) is 21.2. The number of rotatable bonds is 6. The van der Waals surface area contributed by atoms with E-state index in [2.05, 4.69) is 29.6 Å². The number of benzene rings is 3. The van der Waals surface area contributed by atoms with Gasteiger partial charge in [0.25, 0.3) is 0 Å². The van der Waals surface area contributed by atoms with Gasteiger partial charge in [-0.15, -0.1) is 0 Å². The molecule has 31 heavy (non-hydrogen) atoms. The zero-order valence-electron chi connectivity index (χ0n) is 16.9. The summed E-state index contributed by atoms with van der Waals surface area (Å²) in [6.45, 7) is 0.360. The molecule has 2 aliphatic rings. The van der Waals surface area contributed by atoms with Gasteiger partial charge < -0.3 is 24.6 Å². The van der Waals surface area contributed by atoms with E-state index in [1.807, 2.05) is 36.4 Å². The summed E-state index contributed by atoms with van der Waals surface area (Å²) in [6, 6.07) is 21.5. The number of amides is 1. The van der Waals surface area contributed by atoms with Crippen LogP contribution in [0.15, 0.2) is 66.7 Å². The summed E-state index contributed by atoms with van der Waals surface area (Å²) >= 11 is 0. The number of nitrogens with one attached hydrogen (secondary N) is 1. The van der Waals surface area contributed by atoms with Gasteiger partial charge in [0.05, 0.1) is 6.04 Å². The molecule has 0 radical (unpaired) electrons. The number of ether oxygens (including phenoxy) is 3. The van der Waals surface area contributed by atoms with Crippen LogP contribution >= 0.6 is 0 Å². The van der Waals surface area contributed by atoms with Crippen molar-refractivity contribution in [3.05, 3.63) is 83.4 Å². The molecular weight excluding hydrogens is 394 g/mol. The molecule has 0 bridgehead atoms. The lowest BCUT2D eigenvalue weighted by Crippen LogP contribution is -2.31. The van der Waals surface area contributed by atoms with Crippen molar-refractivity contribution >= 4 is 6.09 Å². The van der Waals surface area contributed by atoms with Crippen LogP contribution in [0.3, 0.4) is 0 Å². The third-order valence-corrected chi connectivity index (χ3v) is 5.85. The quantitative estimate of drug-likeness (QED) is 0.623. The molecule has 0 spiro atoms. The smallest absolute Gasteiger partial charge is 0.407 e. The Hall–Kier alpha value is -3.51. The third-order valence-electron chi connectivity index (χ3n) is 5.85. The van der Waals surface area contributed by atoms with E-state index >= 15 is 0 Å². The predicted molar refractivity (Wildman–Crippen MR) is 115 cm³/mol. The topological polar surface area (TPSA) is 77.0 Å². The zero-order valence-corrected chi connectivity index (χ0v) is 16.9. The average Bonchev–Trinajstić information content (AvgIpc) is 3.39. The maximum Gasteiger partial charge on any atom is 0.407 e. The first kappa shape index (κ1) is 19.5. The Morgan fingerprint density at radius 1 is 1.00 bits per heavy atom. The standard InChI is InChI=1S/C25H23NO5/c27-12-11-22(16-9-10-23-24(13-16)31-15-30-23)26-25(28)29-14-21-19-7-3-1-5-17(19)18-6-2-4-8-20(18)21/h1-10,13,21-22,27H,11-12,14-15H2,(H,26,28). The summed E-state index contributed by atoms with van der Waals surface area (Å²) in [4.78, 5) is 12.6. The van der Waals surface area contributed by atoms with Gasteiger partial charge in [0, 0.05) is 12.5 Å². The summed E-state index contributed by atoms with van der Waals surface area (Å²) in [6.07, 6.45) is -0.151. The van der Waals surface area contributed by atoms with Crippen LogP contribution in [-0.2, 0) is 4.74 Å². The van der Waals surface area contributed by atoms with Gasteiger partial charge in [-0.1, -0.05) is 54.6 Å². The minimum Gasteiger partial charge on any atom is -0.454 e. The number of hydrogen-bond acceptors (Lipinski definition) is 5. The highest BCUT2D eigenvalue weighted by molar-refractivity contribution is 5.79. The Balaban J connectivity index is 1.29. The molecule has 1 aliphatic carbocycles. The first-order chi connectivity index (χ1) is 15.2. The molecule has 3 aromatic rings. The molecule has 0 saturated carbocycles. The van der Waals surface area contributed by atoms with Gasteiger partial charge in [0.15, 0.2) is 11.5 Å². The number of carbonyl (C=O) groups excluding carboxylic acids is 1. The van der Waals surface area contributed by atoms with Crippen LogP contribution in [0.5, 0.6) is 11.5 Å². The highest BCUT2D eigenvalue weighted by Gasteiger charge is 2.29. The van der Waals surface area contributed by atoms with Crippen molar-refractivity contribution in [2.24, 2.45) is 0 Å². The van der Waals surface area contributed by atoms with Gasteiger partial charge in [0.2, 0.25) is 6.79 Å². The number of carbonyl (C=O) groups is 1. The minimum atomic E-state index is -0.516. The fourth-order valence-corrected chi connectivity index (χ4v) is 4.36. The summed E-state index contributed by atoms with van der Waals surface area (Å²) in [7, 11) is 0. The largest absolute Gasteiger partial charge is 0.454 e. The van der Waals surface area contributed by atoms with Crippen molar-refractivity contribution in [3.8, 4) is 22.6 Å². The molecule has 5 rings (SSSR count). The fraction of sp³-hybridized carbons (Fsp3) is 0.240. The molecule has 6 heteroatoms. The van der Waals surface area contributed by atoms with Gasteiger partial charge in [-0.25, -0.2) is 4.79 Å². The summed E-state index contributed by atoms with van der Waals surface area (Å²) in [5.74, 6) is 1.31. The predicted octanol–water partition coefficient (Wildman–Crippen LogP) is 4.38. The van der Waals surface area contributed by atoms with Crippen molar-refractivity contribution < 1.29 is 24.1 Å². The lowest BCUT2D eigenvalue weighted by Gasteiger charge is -2.20. The number of aliphatic hydroxyl groups excluding tert-OH is 1. The molecule has 1 aliphatic heterocycles. The van der Waals surface area contributed by atoms with Crippen molar-refractivity contribution in [2.75, 3.05) is 20.0 Å².